The molecule has 4 fully saturated rings. The van der Waals surface area contributed by atoms with E-state index in [0.717, 1.165) is 19.3 Å². The largest absolute Gasteiger partial charge is 0.393 e. The van der Waals surface area contributed by atoms with Gasteiger partial charge in [0, 0.05) is 17.3 Å². The summed E-state index contributed by atoms with van der Waals surface area (Å²) < 4.78 is 16.6. The predicted octanol–water partition coefficient (Wildman–Crippen LogP) is 3.02. The fourth-order valence-electron chi connectivity index (χ4n) is 7.01. The summed E-state index contributed by atoms with van der Waals surface area (Å²) in [5.41, 5.74) is -2.70. The van der Waals surface area contributed by atoms with Gasteiger partial charge in [0.2, 0.25) is 0 Å². The van der Waals surface area contributed by atoms with Crippen molar-refractivity contribution >= 4 is 5.78 Å². The Kier molecular flexibility index (Phi) is 3.33. The third-order valence-corrected chi connectivity index (χ3v) is 8.42. The van der Waals surface area contributed by atoms with Crippen LogP contribution >= 0.6 is 0 Å². The molecule has 0 amide bonds. The zero-order chi connectivity index (χ0) is 16.6. The van der Waals surface area contributed by atoms with Gasteiger partial charge in [-0.3, -0.25) is 4.79 Å². The van der Waals surface area contributed by atoms with E-state index in [-0.39, 0.29) is 36.1 Å². The van der Waals surface area contributed by atoms with Crippen LogP contribution in [0, 0.1) is 28.6 Å². The first-order valence-corrected chi connectivity index (χ1v) is 9.32. The molecule has 0 bridgehead atoms. The smallest absolute Gasteiger partial charge is 0.145 e. The summed E-state index contributed by atoms with van der Waals surface area (Å²) in [5, 5.41) is 20.9. The van der Waals surface area contributed by atoms with E-state index in [1.807, 2.05) is 13.8 Å². The molecule has 4 heteroatoms. The van der Waals surface area contributed by atoms with E-state index in [1.165, 1.54) is 0 Å². The molecule has 4 aliphatic carbocycles. The van der Waals surface area contributed by atoms with E-state index in [0.29, 0.717) is 25.7 Å². The number of carbonyl (C=O) groups is 1. The Morgan fingerprint density at radius 2 is 1.83 bits per heavy atom. The Morgan fingerprint density at radius 3 is 2.57 bits per heavy atom. The predicted molar refractivity (Wildman–Crippen MR) is 84.5 cm³/mol. The van der Waals surface area contributed by atoms with E-state index in [1.54, 1.807) is 0 Å². The number of aliphatic hydroxyl groups excluding tert-OH is 2. The van der Waals surface area contributed by atoms with Gasteiger partial charge < -0.3 is 10.2 Å². The van der Waals surface area contributed by atoms with Crippen molar-refractivity contribution in [3.8, 4) is 0 Å². The first kappa shape index (κ1) is 16.0. The van der Waals surface area contributed by atoms with Gasteiger partial charge in [0.1, 0.15) is 11.5 Å². The molecule has 4 saturated carbocycles. The minimum absolute atomic E-state index is 0.0769. The summed E-state index contributed by atoms with van der Waals surface area (Å²) in [6.07, 6.45) is 3.79. The number of hydrogen-bond donors (Lipinski definition) is 2. The zero-order valence-electron chi connectivity index (χ0n) is 14.2. The molecule has 0 radical (unpaired) electrons. The number of aliphatic hydroxyl groups is 2. The highest BCUT2D eigenvalue weighted by Crippen LogP contribution is 2.68. The fraction of sp³-hybridized carbons (Fsp3) is 0.947. The molecule has 130 valence electrons. The summed E-state index contributed by atoms with van der Waals surface area (Å²) in [4.78, 5) is 12.4. The molecule has 0 saturated heterocycles. The lowest BCUT2D eigenvalue weighted by Crippen LogP contribution is -2.69. The topological polar surface area (TPSA) is 57.5 Å². The van der Waals surface area contributed by atoms with E-state index < -0.39 is 22.6 Å². The molecule has 0 unspecified atom stereocenters. The van der Waals surface area contributed by atoms with Gasteiger partial charge >= 0.3 is 0 Å². The number of rotatable bonds is 0. The number of Topliss-reactive ketones (excluding diaryl/α,β-unsaturated/α-hetero) is 1. The van der Waals surface area contributed by atoms with Crippen molar-refractivity contribution in [1.29, 1.82) is 0 Å². The monoisotopic (exact) mass is 324 g/mol. The molecule has 23 heavy (non-hydrogen) atoms. The standard InChI is InChI=1S/C19H29FO3/c1-17-10-16(23)19(20)14(13(17)5-6-15(17)22)4-3-11-9-12(21)7-8-18(11,19)2/h11-14,16,21,23H,3-10H2,1-2H3/t11-,12+,13-,14-,16-,17-,18-,19-/m0/s1. The minimum atomic E-state index is -1.61. The Bertz CT molecular complexity index is 537. The molecule has 3 nitrogen and oxygen atoms in total. The number of alkyl halides is 1. The molecule has 0 aromatic heterocycles. The van der Waals surface area contributed by atoms with E-state index >= 15 is 4.39 Å². The SMILES string of the molecule is C[C@]12CC[C@@H](O)C[C@@H]1CC[C@H]1[C@@H]3CCC(=O)[C@@]3(C)C[C@H](O)[C@@]12F. The zero-order valence-corrected chi connectivity index (χ0v) is 14.2. The highest BCUT2D eigenvalue weighted by Gasteiger charge is 2.71. The second-order valence-corrected chi connectivity index (χ2v) is 9.20. The van der Waals surface area contributed by atoms with Crippen LogP contribution in [0.3, 0.4) is 0 Å². The molecular weight excluding hydrogens is 295 g/mol. The molecule has 0 aliphatic heterocycles. The minimum Gasteiger partial charge on any atom is -0.393 e. The van der Waals surface area contributed by atoms with Crippen molar-refractivity contribution in [2.45, 2.75) is 83.1 Å². The highest BCUT2D eigenvalue weighted by atomic mass is 19.1. The van der Waals surface area contributed by atoms with Crippen molar-refractivity contribution in [3.05, 3.63) is 0 Å². The first-order chi connectivity index (χ1) is 10.7. The highest BCUT2D eigenvalue weighted by molar-refractivity contribution is 5.87. The molecular formula is C19H29FO3. The van der Waals surface area contributed by atoms with Gasteiger partial charge in [-0.05, 0) is 62.7 Å². The van der Waals surface area contributed by atoms with Crippen molar-refractivity contribution < 1.29 is 19.4 Å². The Morgan fingerprint density at radius 1 is 1.09 bits per heavy atom. The molecule has 0 aromatic carbocycles. The van der Waals surface area contributed by atoms with Crippen LogP contribution in [0.2, 0.25) is 0 Å². The van der Waals surface area contributed by atoms with Gasteiger partial charge in [-0.15, -0.1) is 0 Å². The second-order valence-electron chi connectivity index (χ2n) is 9.20. The van der Waals surface area contributed by atoms with Crippen molar-refractivity contribution in [2.75, 3.05) is 0 Å². The van der Waals surface area contributed by atoms with Crippen LogP contribution in [0.1, 0.15) is 65.2 Å². The molecule has 8 atom stereocenters. The molecule has 0 spiro atoms. The third kappa shape index (κ3) is 1.80. The Balaban J connectivity index is 1.76. The fourth-order valence-corrected chi connectivity index (χ4v) is 7.01. The second kappa shape index (κ2) is 4.78. The molecule has 0 heterocycles. The van der Waals surface area contributed by atoms with Crippen LogP contribution < -0.4 is 0 Å². The van der Waals surface area contributed by atoms with Crippen LogP contribution in [0.5, 0.6) is 0 Å². The van der Waals surface area contributed by atoms with Crippen LogP contribution in [-0.4, -0.2) is 33.9 Å². The summed E-state index contributed by atoms with van der Waals surface area (Å²) in [7, 11) is 0. The van der Waals surface area contributed by atoms with Crippen molar-refractivity contribution in [3.63, 3.8) is 0 Å². The van der Waals surface area contributed by atoms with Gasteiger partial charge in [-0.2, -0.15) is 0 Å². The maximum atomic E-state index is 16.6. The third-order valence-electron chi connectivity index (χ3n) is 8.42. The first-order valence-electron chi connectivity index (χ1n) is 9.32. The van der Waals surface area contributed by atoms with Gasteiger partial charge in [0.25, 0.3) is 0 Å². The van der Waals surface area contributed by atoms with Gasteiger partial charge in [-0.25, -0.2) is 4.39 Å². The van der Waals surface area contributed by atoms with Crippen LogP contribution in [0.4, 0.5) is 4.39 Å². The lowest BCUT2D eigenvalue weighted by Gasteiger charge is -2.64. The molecule has 4 rings (SSSR count). The van der Waals surface area contributed by atoms with Crippen molar-refractivity contribution in [1.82, 2.24) is 0 Å². The van der Waals surface area contributed by atoms with Gasteiger partial charge in [0.05, 0.1) is 12.2 Å². The van der Waals surface area contributed by atoms with Gasteiger partial charge in [-0.1, -0.05) is 13.8 Å². The molecule has 2 N–H and O–H groups in total. The number of fused-ring (bicyclic) bond motifs is 5. The summed E-state index contributed by atoms with van der Waals surface area (Å²) in [5.74, 6) is 0.228. The average Bonchev–Trinajstić information content (AvgIpc) is 2.77. The van der Waals surface area contributed by atoms with Crippen LogP contribution in [-0.2, 0) is 4.79 Å². The lowest BCUT2D eigenvalue weighted by molar-refractivity contribution is -0.244. The quantitative estimate of drug-likeness (QED) is 0.720. The molecule has 4 aliphatic rings. The number of ketones is 1. The maximum Gasteiger partial charge on any atom is 0.145 e. The van der Waals surface area contributed by atoms with Crippen LogP contribution in [0.15, 0.2) is 0 Å². The summed E-state index contributed by atoms with van der Waals surface area (Å²) >= 11 is 0. The lowest BCUT2D eigenvalue weighted by atomic mass is 9.43. The number of carbonyl (C=O) groups excluding carboxylic acids is 1. The van der Waals surface area contributed by atoms with Crippen LogP contribution in [0.25, 0.3) is 0 Å². The van der Waals surface area contributed by atoms with E-state index in [4.69, 9.17) is 0 Å². The summed E-state index contributed by atoms with van der Waals surface area (Å²) in [6.45, 7) is 3.95. The average molecular weight is 324 g/mol. The Hall–Kier alpha value is -0.480. The van der Waals surface area contributed by atoms with E-state index in [2.05, 4.69) is 0 Å². The number of hydrogen-bond acceptors (Lipinski definition) is 3. The number of halogens is 1. The van der Waals surface area contributed by atoms with E-state index in [9.17, 15) is 15.0 Å². The van der Waals surface area contributed by atoms with Gasteiger partial charge in [0.15, 0.2) is 0 Å². The Labute approximate surface area is 137 Å². The molecule has 0 aromatic rings. The van der Waals surface area contributed by atoms with Crippen molar-refractivity contribution in [2.24, 2.45) is 28.6 Å². The maximum absolute atomic E-state index is 16.6. The normalized spacial score (nSPS) is 59.2. The summed E-state index contributed by atoms with van der Waals surface area (Å²) in [6, 6.07) is 0.